The van der Waals surface area contributed by atoms with E-state index >= 15 is 0 Å². The van der Waals surface area contributed by atoms with Crippen LogP contribution in [0, 0.1) is 0 Å². The molecule has 1 amide bonds. The first kappa shape index (κ1) is 16.1. The zero-order valence-corrected chi connectivity index (χ0v) is 12.5. The van der Waals surface area contributed by atoms with Crippen LogP contribution >= 0.6 is 11.3 Å². The summed E-state index contributed by atoms with van der Waals surface area (Å²) in [7, 11) is 1.66. The maximum absolute atomic E-state index is 12.2. The Kier molecular flexibility index (Phi) is 8.45. The molecule has 0 spiro atoms. The summed E-state index contributed by atoms with van der Waals surface area (Å²) in [5.74, 6) is 0.211. The molecule has 0 aliphatic rings. The van der Waals surface area contributed by atoms with Crippen molar-refractivity contribution in [3.05, 3.63) is 22.4 Å². The Balaban J connectivity index is 2.40. The predicted octanol–water partition coefficient (Wildman–Crippen LogP) is 2.24. The maximum Gasteiger partial charge on any atom is 0.222 e. The Morgan fingerprint density at radius 1 is 1.42 bits per heavy atom. The summed E-state index contributed by atoms with van der Waals surface area (Å²) in [5.41, 5.74) is 5.45. The number of amides is 1. The van der Waals surface area contributed by atoms with Crippen LogP contribution in [-0.2, 0) is 16.1 Å². The van der Waals surface area contributed by atoms with Crippen molar-refractivity contribution in [3.8, 4) is 0 Å². The van der Waals surface area contributed by atoms with Crippen LogP contribution in [0.3, 0.4) is 0 Å². The summed E-state index contributed by atoms with van der Waals surface area (Å²) in [6.07, 6.45) is 3.55. The maximum atomic E-state index is 12.2. The first-order valence-corrected chi connectivity index (χ1v) is 7.65. The van der Waals surface area contributed by atoms with E-state index in [1.165, 1.54) is 4.88 Å². The van der Waals surface area contributed by atoms with Crippen LogP contribution in [0.25, 0.3) is 0 Å². The van der Waals surface area contributed by atoms with Crippen LogP contribution in [0.1, 0.15) is 30.6 Å². The highest BCUT2D eigenvalue weighted by Gasteiger charge is 2.13. The van der Waals surface area contributed by atoms with Crippen LogP contribution in [0.2, 0.25) is 0 Å². The molecule has 1 aromatic rings. The smallest absolute Gasteiger partial charge is 0.222 e. The lowest BCUT2D eigenvalue weighted by Crippen LogP contribution is -2.33. The SMILES string of the molecule is COCCN(Cc1cccs1)C(=O)CCCCCN. The minimum atomic E-state index is 0.211. The Morgan fingerprint density at radius 3 is 2.89 bits per heavy atom. The van der Waals surface area contributed by atoms with Gasteiger partial charge in [-0.05, 0) is 30.8 Å². The van der Waals surface area contributed by atoms with Crippen LogP contribution in [0.15, 0.2) is 17.5 Å². The van der Waals surface area contributed by atoms with Gasteiger partial charge >= 0.3 is 0 Å². The Morgan fingerprint density at radius 2 is 2.26 bits per heavy atom. The van der Waals surface area contributed by atoms with Crippen molar-refractivity contribution in [2.45, 2.75) is 32.2 Å². The number of unbranched alkanes of at least 4 members (excludes halogenated alkanes) is 2. The van der Waals surface area contributed by atoms with E-state index < -0.39 is 0 Å². The quantitative estimate of drug-likeness (QED) is 0.670. The van der Waals surface area contributed by atoms with Crippen molar-refractivity contribution in [1.82, 2.24) is 4.90 Å². The summed E-state index contributed by atoms with van der Waals surface area (Å²) < 4.78 is 5.08. The molecule has 0 aliphatic heterocycles. The average Bonchev–Trinajstić information content (AvgIpc) is 2.92. The molecule has 1 rings (SSSR count). The van der Waals surface area contributed by atoms with Gasteiger partial charge in [-0.15, -0.1) is 11.3 Å². The van der Waals surface area contributed by atoms with Gasteiger partial charge in [0.05, 0.1) is 13.2 Å². The number of nitrogens with zero attached hydrogens (tertiary/aromatic N) is 1. The third-order valence-electron chi connectivity index (χ3n) is 2.94. The number of carbonyl (C=O) groups is 1. The third kappa shape index (κ3) is 6.71. The van der Waals surface area contributed by atoms with Crippen molar-refractivity contribution in [1.29, 1.82) is 0 Å². The fraction of sp³-hybridized carbons (Fsp3) is 0.643. The summed E-state index contributed by atoms with van der Waals surface area (Å²) in [6, 6.07) is 4.08. The molecule has 0 radical (unpaired) electrons. The topological polar surface area (TPSA) is 55.6 Å². The van der Waals surface area contributed by atoms with E-state index in [-0.39, 0.29) is 5.91 Å². The monoisotopic (exact) mass is 284 g/mol. The zero-order chi connectivity index (χ0) is 13.9. The molecule has 0 bridgehead atoms. The predicted molar refractivity (Wildman–Crippen MR) is 79.1 cm³/mol. The van der Waals surface area contributed by atoms with Crippen molar-refractivity contribution in [2.24, 2.45) is 5.73 Å². The molecule has 0 unspecified atom stereocenters. The number of hydrogen-bond acceptors (Lipinski definition) is 4. The molecular formula is C14H24N2O2S. The number of nitrogens with two attached hydrogens (primary N) is 1. The Labute approximate surface area is 119 Å². The lowest BCUT2D eigenvalue weighted by molar-refractivity contribution is -0.132. The van der Waals surface area contributed by atoms with E-state index in [1.807, 2.05) is 16.3 Å². The van der Waals surface area contributed by atoms with Crippen molar-refractivity contribution < 1.29 is 9.53 Å². The second-order valence-electron chi connectivity index (χ2n) is 4.49. The number of rotatable bonds is 10. The molecule has 0 saturated heterocycles. The highest BCUT2D eigenvalue weighted by molar-refractivity contribution is 7.09. The molecular weight excluding hydrogens is 260 g/mol. The number of hydrogen-bond donors (Lipinski definition) is 1. The van der Waals surface area contributed by atoms with Crippen LogP contribution < -0.4 is 5.73 Å². The van der Waals surface area contributed by atoms with Crippen LogP contribution in [-0.4, -0.2) is 37.6 Å². The third-order valence-corrected chi connectivity index (χ3v) is 3.80. The van der Waals surface area contributed by atoms with E-state index in [0.717, 1.165) is 19.3 Å². The first-order chi connectivity index (χ1) is 9.27. The Bertz CT molecular complexity index is 341. The van der Waals surface area contributed by atoms with E-state index in [4.69, 9.17) is 10.5 Å². The first-order valence-electron chi connectivity index (χ1n) is 6.77. The van der Waals surface area contributed by atoms with E-state index in [0.29, 0.717) is 32.7 Å². The van der Waals surface area contributed by atoms with Gasteiger partial charge in [0, 0.05) is 25.0 Å². The van der Waals surface area contributed by atoms with Crippen molar-refractivity contribution in [2.75, 3.05) is 26.8 Å². The second-order valence-corrected chi connectivity index (χ2v) is 5.52. The summed E-state index contributed by atoms with van der Waals surface area (Å²) in [5, 5.41) is 2.04. The summed E-state index contributed by atoms with van der Waals surface area (Å²) in [4.78, 5) is 15.3. The van der Waals surface area contributed by atoms with Gasteiger partial charge in [-0.3, -0.25) is 4.79 Å². The largest absolute Gasteiger partial charge is 0.383 e. The lowest BCUT2D eigenvalue weighted by Gasteiger charge is -2.21. The molecule has 0 aliphatic carbocycles. The highest BCUT2D eigenvalue weighted by Crippen LogP contribution is 2.13. The minimum absolute atomic E-state index is 0.211. The molecule has 4 nitrogen and oxygen atoms in total. The fourth-order valence-electron chi connectivity index (χ4n) is 1.84. The van der Waals surface area contributed by atoms with Gasteiger partial charge in [0.15, 0.2) is 0 Å². The highest BCUT2D eigenvalue weighted by atomic mass is 32.1. The second kappa shape index (κ2) is 9.95. The number of ether oxygens (including phenoxy) is 1. The molecule has 0 aromatic carbocycles. The normalized spacial score (nSPS) is 10.6. The van der Waals surface area contributed by atoms with Gasteiger partial charge in [-0.1, -0.05) is 12.5 Å². The molecule has 0 atom stereocenters. The lowest BCUT2D eigenvalue weighted by atomic mass is 10.2. The van der Waals surface area contributed by atoms with Crippen molar-refractivity contribution >= 4 is 17.2 Å². The van der Waals surface area contributed by atoms with E-state index in [2.05, 4.69) is 6.07 Å². The van der Waals surface area contributed by atoms with Gasteiger partial charge in [0.25, 0.3) is 0 Å². The zero-order valence-electron chi connectivity index (χ0n) is 11.6. The van der Waals surface area contributed by atoms with Gasteiger partial charge < -0.3 is 15.4 Å². The molecule has 108 valence electrons. The van der Waals surface area contributed by atoms with Crippen molar-refractivity contribution in [3.63, 3.8) is 0 Å². The molecule has 1 heterocycles. The van der Waals surface area contributed by atoms with Gasteiger partial charge in [-0.2, -0.15) is 0 Å². The van der Waals surface area contributed by atoms with E-state index in [9.17, 15) is 4.79 Å². The molecule has 2 N–H and O–H groups in total. The summed E-state index contributed by atoms with van der Waals surface area (Å²) in [6.45, 7) is 2.64. The van der Waals surface area contributed by atoms with Crippen LogP contribution in [0.5, 0.6) is 0 Å². The standard InChI is InChI=1S/C14H24N2O2S/c1-18-10-9-16(12-13-6-5-11-19-13)14(17)7-3-2-4-8-15/h5-6,11H,2-4,7-10,12,15H2,1H3. The van der Waals surface area contributed by atoms with Gasteiger partial charge in [0.2, 0.25) is 5.91 Å². The molecule has 5 heteroatoms. The fourth-order valence-corrected chi connectivity index (χ4v) is 2.56. The van der Waals surface area contributed by atoms with E-state index in [1.54, 1.807) is 18.4 Å². The number of carbonyl (C=O) groups excluding carboxylic acids is 1. The molecule has 1 aromatic heterocycles. The average molecular weight is 284 g/mol. The Hall–Kier alpha value is -0.910. The number of methoxy groups -OCH3 is 1. The molecule has 0 saturated carbocycles. The van der Waals surface area contributed by atoms with Gasteiger partial charge in [0.1, 0.15) is 0 Å². The van der Waals surface area contributed by atoms with Crippen LogP contribution in [0.4, 0.5) is 0 Å². The summed E-state index contributed by atoms with van der Waals surface area (Å²) >= 11 is 1.68. The minimum Gasteiger partial charge on any atom is -0.383 e. The number of thiophene rings is 1. The van der Waals surface area contributed by atoms with Gasteiger partial charge in [-0.25, -0.2) is 0 Å². The molecule has 0 fully saturated rings. The molecule has 19 heavy (non-hydrogen) atoms.